The van der Waals surface area contributed by atoms with Crippen molar-refractivity contribution in [1.82, 2.24) is 14.5 Å². The van der Waals surface area contributed by atoms with E-state index in [2.05, 4.69) is 4.98 Å². The summed E-state index contributed by atoms with van der Waals surface area (Å²) in [5, 5.41) is 0. The summed E-state index contributed by atoms with van der Waals surface area (Å²) in [6.45, 7) is 2.32. The van der Waals surface area contributed by atoms with Crippen molar-refractivity contribution in [3.8, 4) is 17.0 Å². The van der Waals surface area contributed by atoms with Crippen molar-refractivity contribution in [3.63, 3.8) is 0 Å². The highest BCUT2D eigenvalue weighted by Crippen LogP contribution is 2.29. The number of piperidine rings is 1. The molecule has 0 bridgehead atoms. The zero-order valence-corrected chi connectivity index (χ0v) is 18.7. The molecule has 33 heavy (non-hydrogen) atoms. The first-order valence-corrected chi connectivity index (χ1v) is 10.9. The molecule has 4 rings (SSSR count). The van der Waals surface area contributed by atoms with Crippen molar-refractivity contribution < 1.29 is 18.7 Å². The Labute approximate surface area is 192 Å². The van der Waals surface area contributed by atoms with Gasteiger partial charge >= 0.3 is 0 Å². The van der Waals surface area contributed by atoms with Crippen LogP contribution < -0.4 is 10.5 Å². The van der Waals surface area contributed by atoms with E-state index in [0.29, 0.717) is 24.2 Å². The Kier molecular flexibility index (Phi) is 6.44. The summed E-state index contributed by atoms with van der Waals surface area (Å²) in [6, 6.07) is 12.7. The van der Waals surface area contributed by atoms with Crippen LogP contribution in [-0.2, 0) is 18.3 Å². The smallest absolute Gasteiger partial charge is 0.252 e. The molecule has 1 aliphatic heterocycles. The summed E-state index contributed by atoms with van der Waals surface area (Å²) in [4.78, 5) is 30.5. The maximum atomic E-state index is 15.0. The lowest BCUT2D eigenvalue weighted by molar-refractivity contribution is -0.134. The molecular formula is C25H27FN4O3. The van der Waals surface area contributed by atoms with E-state index < -0.39 is 18.2 Å². The minimum Gasteiger partial charge on any atom is -0.486 e. The number of rotatable bonds is 6. The zero-order valence-electron chi connectivity index (χ0n) is 18.7. The molecule has 0 radical (unpaired) electrons. The average Bonchev–Trinajstić information content (AvgIpc) is 3.23. The van der Waals surface area contributed by atoms with Crippen LogP contribution in [0.15, 0.2) is 55.0 Å². The molecule has 7 nitrogen and oxygen atoms in total. The van der Waals surface area contributed by atoms with E-state index in [1.54, 1.807) is 29.1 Å². The molecule has 1 fully saturated rings. The fourth-order valence-corrected chi connectivity index (χ4v) is 3.94. The van der Waals surface area contributed by atoms with Gasteiger partial charge in [0, 0.05) is 31.8 Å². The number of hydrogen-bond donors (Lipinski definition) is 1. The van der Waals surface area contributed by atoms with E-state index in [4.69, 9.17) is 10.5 Å². The summed E-state index contributed by atoms with van der Waals surface area (Å²) in [5.74, 6) is -0.546. The Morgan fingerprint density at radius 1 is 1.21 bits per heavy atom. The number of hydrogen-bond acceptors (Lipinski definition) is 4. The summed E-state index contributed by atoms with van der Waals surface area (Å²) >= 11 is 0. The number of aryl methyl sites for hydroxylation is 2. The predicted molar refractivity (Wildman–Crippen MR) is 123 cm³/mol. The average molecular weight is 451 g/mol. The number of amides is 2. The van der Waals surface area contributed by atoms with Gasteiger partial charge < -0.3 is 19.9 Å². The predicted octanol–water partition coefficient (Wildman–Crippen LogP) is 3.05. The third-order valence-electron chi connectivity index (χ3n) is 5.83. The van der Waals surface area contributed by atoms with Crippen molar-refractivity contribution in [2.75, 3.05) is 13.1 Å². The first-order valence-electron chi connectivity index (χ1n) is 10.9. The Morgan fingerprint density at radius 2 is 1.97 bits per heavy atom. The lowest BCUT2D eigenvalue weighted by atomic mass is 10.0. The molecule has 172 valence electrons. The minimum atomic E-state index is -1.38. The van der Waals surface area contributed by atoms with E-state index in [1.165, 1.54) is 4.90 Å². The highest BCUT2D eigenvalue weighted by Gasteiger charge is 2.33. The van der Waals surface area contributed by atoms with Crippen molar-refractivity contribution in [2.45, 2.75) is 32.0 Å². The number of benzene rings is 2. The second-order valence-electron chi connectivity index (χ2n) is 8.46. The normalized spacial score (nSPS) is 18.2. The fraction of sp³-hybridized carbons (Fsp3) is 0.320. The number of likely N-dealkylation sites (tertiary alicyclic amines) is 1. The largest absolute Gasteiger partial charge is 0.486 e. The molecule has 1 aromatic heterocycles. The van der Waals surface area contributed by atoms with Crippen molar-refractivity contribution in [2.24, 2.45) is 12.8 Å². The van der Waals surface area contributed by atoms with Crippen LogP contribution in [0, 0.1) is 6.92 Å². The van der Waals surface area contributed by atoms with Crippen LogP contribution in [0.3, 0.4) is 0 Å². The van der Waals surface area contributed by atoms with Crippen molar-refractivity contribution in [3.05, 3.63) is 71.7 Å². The topological polar surface area (TPSA) is 90.4 Å². The highest BCUT2D eigenvalue weighted by atomic mass is 19.1. The molecule has 2 heterocycles. The summed E-state index contributed by atoms with van der Waals surface area (Å²) in [7, 11) is 1.85. The molecule has 0 saturated carbocycles. The summed E-state index contributed by atoms with van der Waals surface area (Å²) < 4.78 is 22.6. The molecule has 1 aliphatic rings. The summed E-state index contributed by atoms with van der Waals surface area (Å²) in [6.07, 6.45) is 1.89. The van der Waals surface area contributed by atoms with Gasteiger partial charge in [-0.1, -0.05) is 29.8 Å². The number of alkyl halides is 1. The molecule has 2 amide bonds. The molecule has 1 saturated heterocycles. The third-order valence-corrected chi connectivity index (χ3v) is 5.83. The number of imidazole rings is 1. The first-order chi connectivity index (χ1) is 15.8. The van der Waals surface area contributed by atoms with Gasteiger partial charge in [0.15, 0.2) is 6.17 Å². The Bertz CT molecular complexity index is 1160. The van der Waals surface area contributed by atoms with E-state index in [1.807, 2.05) is 44.4 Å². The fourth-order valence-electron chi connectivity index (χ4n) is 3.94. The monoisotopic (exact) mass is 450 g/mol. The maximum Gasteiger partial charge on any atom is 0.252 e. The highest BCUT2D eigenvalue weighted by molar-refractivity contribution is 5.97. The second kappa shape index (κ2) is 9.44. The lowest BCUT2D eigenvalue weighted by Crippen LogP contribution is -2.49. The van der Waals surface area contributed by atoms with Gasteiger partial charge in [-0.25, -0.2) is 9.37 Å². The van der Waals surface area contributed by atoms with Gasteiger partial charge in [0.05, 0.1) is 30.6 Å². The van der Waals surface area contributed by atoms with Gasteiger partial charge in [-0.3, -0.25) is 9.59 Å². The van der Waals surface area contributed by atoms with Crippen molar-refractivity contribution >= 4 is 11.8 Å². The number of carbonyl (C=O) groups excluding carboxylic acids is 2. The van der Waals surface area contributed by atoms with Gasteiger partial charge in [0.2, 0.25) is 5.91 Å². The Morgan fingerprint density at radius 3 is 2.61 bits per heavy atom. The van der Waals surface area contributed by atoms with Crippen molar-refractivity contribution in [1.29, 1.82) is 0 Å². The first kappa shape index (κ1) is 22.5. The molecule has 2 aromatic carbocycles. The van der Waals surface area contributed by atoms with E-state index in [9.17, 15) is 14.0 Å². The van der Waals surface area contributed by atoms with Crippen LogP contribution in [0.5, 0.6) is 5.75 Å². The van der Waals surface area contributed by atoms with Crippen LogP contribution in [0.1, 0.15) is 27.9 Å². The molecule has 2 atom stereocenters. The van der Waals surface area contributed by atoms with E-state index in [0.717, 1.165) is 11.1 Å². The van der Waals surface area contributed by atoms with Gasteiger partial charge in [0.25, 0.3) is 5.91 Å². The number of ether oxygens (including phenoxy) is 1. The van der Waals surface area contributed by atoms with Gasteiger partial charge in [0.1, 0.15) is 11.9 Å². The lowest BCUT2D eigenvalue weighted by Gasteiger charge is -2.35. The van der Waals surface area contributed by atoms with Gasteiger partial charge in [-0.15, -0.1) is 0 Å². The zero-order chi connectivity index (χ0) is 23.5. The molecule has 0 aliphatic carbocycles. The molecule has 0 unspecified atom stereocenters. The molecular weight excluding hydrogens is 423 g/mol. The Balaban J connectivity index is 1.42. The number of halogens is 1. The third kappa shape index (κ3) is 5.22. The standard InChI is InChI=1S/C25H27FN4O3/c1-16-3-5-17(6-4-16)11-24(31)30-10-9-23(20(26)13-30)33-22-8-7-18(12-19(22)25(27)32)21-14-29(2)15-28-21/h3-8,12,14-15,20,23H,9-11,13H2,1-2H3,(H2,27,32)/t20-,23-/m0/s1. The molecule has 0 spiro atoms. The van der Waals surface area contributed by atoms with Gasteiger partial charge in [-0.2, -0.15) is 0 Å². The van der Waals surface area contributed by atoms with E-state index in [-0.39, 0.29) is 30.2 Å². The number of carbonyl (C=O) groups is 2. The van der Waals surface area contributed by atoms with Crippen LogP contribution in [0.25, 0.3) is 11.3 Å². The number of primary amides is 1. The molecule has 8 heteroatoms. The number of nitrogens with zero attached hydrogens (tertiary/aromatic N) is 3. The van der Waals surface area contributed by atoms with Crippen LogP contribution in [0.4, 0.5) is 4.39 Å². The number of nitrogens with two attached hydrogens (primary N) is 1. The van der Waals surface area contributed by atoms with E-state index >= 15 is 0 Å². The maximum absolute atomic E-state index is 15.0. The molecule has 2 N–H and O–H groups in total. The second-order valence-corrected chi connectivity index (χ2v) is 8.46. The minimum absolute atomic E-state index is 0.0483. The van der Waals surface area contributed by atoms with Crippen LogP contribution in [0.2, 0.25) is 0 Å². The quantitative estimate of drug-likeness (QED) is 0.625. The summed E-state index contributed by atoms with van der Waals surface area (Å²) in [5.41, 5.74) is 9.16. The Hall–Kier alpha value is -3.68. The van der Waals surface area contributed by atoms with Crippen LogP contribution in [-0.4, -0.2) is 51.6 Å². The molecule has 3 aromatic rings. The SMILES string of the molecule is Cc1ccc(CC(=O)N2CC[C@H](Oc3ccc(-c4cn(C)cn4)cc3C(N)=O)[C@@H](F)C2)cc1. The van der Waals surface area contributed by atoms with Crippen LogP contribution >= 0.6 is 0 Å². The van der Waals surface area contributed by atoms with Gasteiger partial charge in [-0.05, 0) is 30.7 Å². The number of aromatic nitrogens is 2.